The zero-order chi connectivity index (χ0) is 13.1. The Kier molecular flexibility index (Phi) is 3.62. The topological polar surface area (TPSA) is 70.1 Å². The summed E-state index contributed by atoms with van der Waals surface area (Å²) in [5.41, 5.74) is 7.21. The van der Waals surface area contributed by atoms with Crippen LogP contribution < -0.4 is 5.73 Å². The zero-order valence-electron chi connectivity index (χ0n) is 10.6. The van der Waals surface area contributed by atoms with Crippen LogP contribution in [0.1, 0.15) is 24.2 Å². The second-order valence-electron chi connectivity index (χ2n) is 4.30. The quantitative estimate of drug-likeness (QED) is 0.832. The molecule has 18 heavy (non-hydrogen) atoms. The van der Waals surface area contributed by atoms with Crippen molar-refractivity contribution >= 4 is 16.9 Å². The van der Waals surface area contributed by atoms with Crippen molar-refractivity contribution in [1.29, 1.82) is 0 Å². The molecule has 5 heteroatoms. The fraction of sp³-hybridized carbons (Fsp3) is 0.385. The van der Waals surface area contributed by atoms with E-state index in [1.807, 2.05) is 17.7 Å². The van der Waals surface area contributed by atoms with Gasteiger partial charge in [0.15, 0.2) is 0 Å². The summed E-state index contributed by atoms with van der Waals surface area (Å²) in [4.78, 5) is 11.7. The standard InChI is InChI=1S/C13H17N3O2/c1-3-18-13(17)10-4-5-11-7-15-16(8-9(2)14)12(11)6-10/h4-7,9H,3,8,14H2,1-2H3. The van der Waals surface area contributed by atoms with E-state index in [1.165, 1.54) is 0 Å². The van der Waals surface area contributed by atoms with Gasteiger partial charge in [0, 0.05) is 11.4 Å². The Bertz CT molecular complexity index is 560. The molecular formula is C13H17N3O2. The Morgan fingerprint density at radius 2 is 2.33 bits per heavy atom. The van der Waals surface area contributed by atoms with Crippen LogP contribution in [-0.4, -0.2) is 28.4 Å². The molecule has 1 heterocycles. The van der Waals surface area contributed by atoms with E-state index in [0.717, 1.165) is 10.9 Å². The fourth-order valence-electron chi connectivity index (χ4n) is 1.83. The van der Waals surface area contributed by atoms with Gasteiger partial charge in [-0.05, 0) is 26.0 Å². The molecule has 0 aliphatic heterocycles. The van der Waals surface area contributed by atoms with Crippen LogP contribution >= 0.6 is 0 Å². The molecule has 0 saturated carbocycles. The Balaban J connectivity index is 2.39. The molecule has 2 aromatic rings. The van der Waals surface area contributed by atoms with Gasteiger partial charge in [0.05, 0.1) is 30.4 Å². The summed E-state index contributed by atoms with van der Waals surface area (Å²) in [7, 11) is 0. The first-order valence-corrected chi connectivity index (χ1v) is 6.00. The summed E-state index contributed by atoms with van der Waals surface area (Å²) < 4.78 is 6.79. The largest absolute Gasteiger partial charge is 0.462 e. The number of carbonyl (C=O) groups excluding carboxylic acids is 1. The van der Waals surface area contributed by atoms with Crippen molar-refractivity contribution in [2.45, 2.75) is 26.4 Å². The van der Waals surface area contributed by atoms with Crippen molar-refractivity contribution in [1.82, 2.24) is 9.78 Å². The van der Waals surface area contributed by atoms with Crippen LogP contribution in [0.25, 0.3) is 10.9 Å². The van der Waals surface area contributed by atoms with E-state index in [1.54, 1.807) is 25.3 Å². The van der Waals surface area contributed by atoms with E-state index < -0.39 is 0 Å². The van der Waals surface area contributed by atoms with Gasteiger partial charge in [-0.2, -0.15) is 5.10 Å². The minimum absolute atomic E-state index is 0.0133. The van der Waals surface area contributed by atoms with Gasteiger partial charge in [0.1, 0.15) is 0 Å². The second kappa shape index (κ2) is 5.18. The Hall–Kier alpha value is -1.88. The number of rotatable bonds is 4. The number of hydrogen-bond acceptors (Lipinski definition) is 4. The van der Waals surface area contributed by atoms with E-state index >= 15 is 0 Å². The van der Waals surface area contributed by atoms with Gasteiger partial charge in [-0.1, -0.05) is 6.07 Å². The highest BCUT2D eigenvalue weighted by Gasteiger charge is 2.10. The first-order valence-electron chi connectivity index (χ1n) is 6.00. The highest BCUT2D eigenvalue weighted by atomic mass is 16.5. The lowest BCUT2D eigenvalue weighted by Gasteiger charge is -2.07. The maximum atomic E-state index is 11.7. The predicted octanol–water partition coefficient (Wildman–Crippen LogP) is 1.56. The third kappa shape index (κ3) is 2.51. The van der Waals surface area contributed by atoms with Crippen LogP contribution in [0, 0.1) is 0 Å². The van der Waals surface area contributed by atoms with Crippen LogP contribution in [-0.2, 0) is 11.3 Å². The number of aromatic nitrogens is 2. The molecule has 0 aliphatic rings. The second-order valence-corrected chi connectivity index (χ2v) is 4.30. The summed E-state index contributed by atoms with van der Waals surface area (Å²) in [5.74, 6) is -0.312. The van der Waals surface area contributed by atoms with Crippen LogP contribution in [0.5, 0.6) is 0 Å². The molecule has 0 saturated heterocycles. The number of esters is 1. The molecule has 0 radical (unpaired) electrons. The van der Waals surface area contributed by atoms with E-state index in [9.17, 15) is 4.79 Å². The lowest BCUT2D eigenvalue weighted by atomic mass is 10.1. The first kappa shape index (κ1) is 12.6. The summed E-state index contributed by atoms with van der Waals surface area (Å²) in [6, 6.07) is 5.42. The number of nitrogens with zero attached hydrogens (tertiary/aromatic N) is 2. The fourth-order valence-corrected chi connectivity index (χ4v) is 1.83. The lowest BCUT2D eigenvalue weighted by Crippen LogP contribution is -2.22. The number of benzene rings is 1. The molecule has 1 aromatic carbocycles. The number of nitrogens with two attached hydrogens (primary N) is 1. The maximum absolute atomic E-state index is 11.7. The van der Waals surface area contributed by atoms with Crippen LogP contribution in [0.3, 0.4) is 0 Å². The van der Waals surface area contributed by atoms with E-state index in [-0.39, 0.29) is 12.0 Å². The molecule has 0 fully saturated rings. The lowest BCUT2D eigenvalue weighted by molar-refractivity contribution is 0.0526. The van der Waals surface area contributed by atoms with Crippen molar-refractivity contribution in [2.24, 2.45) is 5.73 Å². The molecule has 5 nitrogen and oxygen atoms in total. The highest BCUT2D eigenvalue weighted by molar-refractivity contribution is 5.94. The summed E-state index contributed by atoms with van der Waals surface area (Å²) in [5, 5.41) is 5.26. The molecule has 96 valence electrons. The van der Waals surface area contributed by atoms with Gasteiger partial charge in [0.2, 0.25) is 0 Å². The molecule has 0 aliphatic carbocycles. The Morgan fingerprint density at radius 3 is 3.00 bits per heavy atom. The first-order chi connectivity index (χ1) is 8.61. The van der Waals surface area contributed by atoms with Gasteiger partial charge < -0.3 is 10.5 Å². The SMILES string of the molecule is CCOC(=O)c1ccc2cnn(CC(C)N)c2c1. The number of hydrogen-bond donors (Lipinski definition) is 1. The molecule has 1 aromatic heterocycles. The minimum atomic E-state index is -0.312. The average molecular weight is 247 g/mol. The Morgan fingerprint density at radius 1 is 1.56 bits per heavy atom. The smallest absolute Gasteiger partial charge is 0.338 e. The normalized spacial score (nSPS) is 12.6. The van der Waals surface area contributed by atoms with Gasteiger partial charge in [0.25, 0.3) is 0 Å². The van der Waals surface area contributed by atoms with Crippen LogP contribution in [0.2, 0.25) is 0 Å². The van der Waals surface area contributed by atoms with Crippen molar-refractivity contribution in [3.05, 3.63) is 30.0 Å². The molecule has 2 N–H and O–H groups in total. The maximum Gasteiger partial charge on any atom is 0.338 e. The zero-order valence-corrected chi connectivity index (χ0v) is 10.6. The van der Waals surface area contributed by atoms with Gasteiger partial charge in [-0.25, -0.2) is 4.79 Å². The monoisotopic (exact) mass is 247 g/mol. The molecule has 1 atom stereocenters. The van der Waals surface area contributed by atoms with Crippen molar-refractivity contribution < 1.29 is 9.53 Å². The summed E-state index contributed by atoms with van der Waals surface area (Å²) >= 11 is 0. The van der Waals surface area contributed by atoms with Crippen molar-refractivity contribution in [3.63, 3.8) is 0 Å². The highest BCUT2D eigenvalue weighted by Crippen LogP contribution is 2.16. The molecular weight excluding hydrogens is 230 g/mol. The van der Waals surface area contributed by atoms with E-state index in [0.29, 0.717) is 18.7 Å². The third-order valence-corrected chi connectivity index (χ3v) is 2.62. The van der Waals surface area contributed by atoms with E-state index in [4.69, 9.17) is 10.5 Å². The summed E-state index contributed by atoms with van der Waals surface area (Å²) in [6.07, 6.45) is 1.77. The third-order valence-electron chi connectivity index (χ3n) is 2.62. The van der Waals surface area contributed by atoms with Gasteiger partial charge >= 0.3 is 5.97 Å². The summed E-state index contributed by atoms with van der Waals surface area (Å²) in [6.45, 7) is 4.70. The number of carbonyl (C=O) groups is 1. The predicted molar refractivity (Wildman–Crippen MR) is 69.3 cm³/mol. The van der Waals surface area contributed by atoms with E-state index in [2.05, 4.69) is 5.10 Å². The molecule has 0 amide bonds. The van der Waals surface area contributed by atoms with Gasteiger partial charge in [-0.15, -0.1) is 0 Å². The van der Waals surface area contributed by atoms with Crippen molar-refractivity contribution in [3.8, 4) is 0 Å². The minimum Gasteiger partial charge on any atom is -0.462 e. The average Bonchev–Trinajstić information content (AvgIpc) is 2.71. The van der Waals surface area contributed by atoms with Gasteiger partial charge in [-0.3, -0.25) is 4.68 Å². The number of ether oxygens (including phenoxy) is 1. The molecule has 1 unspecified atom stereocenters. The molecule has 2 rings (SSSR count). The molecule has 0 bridgehead atoms. The van der Waals surface area contributed by atoms with Crippen molar-refractivity contribution in [2.75, 3.05) is 6.61 Å². The Labute approximate surface area is 106 Å². The number of fused-ring (bicyclic) bond motifs is 1. The van der Waals surface area contributed by atoms with Crippen LogP contribution in [0.15, 0.2) is 24.4 Å². The van der Waals surface area contributed by atoms with Crippen LogP contribution in [0.4, 0.5) is 0 Å². The molecule has 0 spiro atoms.